The van der Waals surface area contributed by atoms with Gasteiger partial charge in [0.1, 0.15) is 6.33 Å². The maximum Gasteiger partial charge on any atom is 0.210 e. The fourth-order valence-electron chi connectivity index (χ4n) is 2.62. The molecule has 1 unspecified atom stereocenters. The molecule has 0 aliphatic carbocycles. The van der Waals surface area contributed by atoms with Crippen LogP contribution in [0.15, 0.2) is 36.9 Å². The third-order valence-electron chi connectivity index (χ3n) is 3.76. The lowest BCUT2D eigenvalue weighted by atomic mass is 9.91. The van der Waals surface area contributed by atoms with E-state index >= 15 is 0 Å². The number of amides is 1. The highest BCUT2D eigenvalue weighted by Gasteiger charge is 2.22. The Morgan fingerprint density at radius 1 is 1.26 bits per heavy atom. The summed E-state index contributed by atoms with van der Waals surface area (Å²) in [5.74, 6) is 0. The lowest BCUT2D eigenvalue weighted by molar-refractivity contribution is -0.120. The van der Waals surface area contributed by atoms with E-state index in [1.54, 1.807) is 0 Å². The van der Waals surface area contributed by atoms with Crippen LogP contribution in [0, 0.1) is 0 Å². The number of carbonyl (C=O) groups excluding carboxylic acids is 1. The van der Waals surface area contributed by atoms with Gasteiger partial charge in [0, 0.05) is 24.5 Å². The zero-order chi connectivity index (χ0) is 13.2. The van der Waals surface area contributed by atoms with Crippen LogP contribution in [0.4, 0.5) is 0 Å². The molecule has 2 heterocycles. The lowest BCUT2D eigenvalue weighted by Gasteiger charge is -2.32. The topological polar surface area (TPSA) is 46.1 Å². The summed E-state index contributed by atoms with van der Waals surface area (Å²) in [7, 11) is 0. The quantitative estimate of drug-likeness (QED) is 0.771. The molecule has 4 nitrogen and oxygen atoms in total. The normalized spacial score (nSPS) is 17.9. The van der Waals surface area contributed by atoms with Gasteiger partial charge in [-0.3, -0.25) is 4.79 Å². The highest BCUT2D eigenvalue weighted by Crippen LogP contribution is 2.31. The molecular formula is C15H15N3O. The van der Waals surface area contributed by atoms with E-state index in [9.17, 15) is 4.79 Å². The van der Waals surface area contributed by atoms with Crippen molar-refractivity contribution in [2.24, 2.45) is 0 Å². The van der Waals surface area contributed by atoms with Gasteiger partial charge in [-0.15, -0.1) is 0 Å². The summed E-state index contributed by atoms with van der Waals surface area (Å²) in [6.07, 6.45) is 7.01. The molecule has 1 aliphatic heterocycles. The third kappa shape index (κ3) is 2.10. The van der Waals surface area contributed by atoms with Gasteiger partial charge in [0.2, 0.25) is 6.41 Å². The highest BCUT2D eigenvalue weighted by molar-refractivity contribution is 5.64. The van der Waals surface area contributed by atoms with Crippen molar-refractivity contribution >= 4 is 6.41 Å². The maximum absolute atomic E-state index is 11.0. The second kappa shape index (κ2) is 4.80. The Morgan fingerprint density at radius 2 is 2.05 bits per heavy atom. The van der Waals surface area contributed by atoms with Crippen LogP contribution in [0.1, 0.15) is 24.1 Å². The van der Waals surface area contributed by atoms with Crippen molar-refractivity contribution in [2.45, 2.75) is 19.4 Å². The Kier molecular flexibility index (Phi) is 2.99. The summed E-state index contributed by atoms with van der Waals surface area (Å²) in [6, 6.07) is 6.52. The summed E-state index contributed by atoms with van der Waals surface area (Å²) in [4.78, 5) is 20.9. The molecule has 0 saturated heterocycles. The molecular weight excluding hydrogens is 238 g/mol. The van der Waals surface area contributed by atoms with Gasteiger partial charge in [-0.1, -0.05) is 18.2 Å². The molecule has 0 radical (unpaired) electrons. The molecule has 1 aliphatic rings. The van der Waals surface area contributed by atoms with Crippen LogP contribution in [0.25, 0.3) is 11.1 Å². The zero-order valence-electron chi connectivity index (χ0n) is 10.8. The molecule has 0 saturated carbocycles. The first-order valence-electron chi connectivity index (χ1n) is 6.39. The monoisotopic (exact) mass is 253 g/mol. The number of nitrogens with zero attached hydrogens (tertiary/aromatic N) is 3. The van der Waals surface area contributed by atoms with Crippen molar-refractivity contribution in [3.05, 3.63) is 48.0 Å². The molecule has 0 spiro atoms. The fraction of sp³-hybridized carbons (Fsp3) is 0.267. The van der Waals surface area contributed by atoms with Crippen molar-refractivity contribution in [1.82, 2.24) is 14.9 Å². The Bertz CT molecular complexity index is 598. The minimum Gasteiger partial charge on any atom is -0.338 e. The Hall–Kier alpha value is -2.23. The van der Waals surface area contributed by atoms with Crippen LogP contribution < -0.4 is 0 Å². The van der Waals surface area contributed by atoms with Gasteiger partial charge >= 0.3 is 0 Å². The summed E-state index contributed by atoms with van der Waals surface area (Å²) < 4.78 is 0. The summed E-state index contributed by atoms with van der Waals surface area (Å²) >= 11 is 0. The SMILES string of the molecule is CC1c2ccc(-c3cncnc3)cc2CCN1C=O. The number of benzene rings is 1. The molecule has 1 aromatic carbocycles. The largest absolute Gasteiger partial charge is 0.338 e. The zero-order valence-corrected chi connectivity index (χ0v) is 10.8. The maximum atomic E-state index is 11.0. The van der Waals surface area contributed by atoms with Crippen molar-refractivity contribution in [1.29, 1.82) is 0 Å². The van der Waals surface area contributed by atoms with Gasteiger partial charge in [0.05, 0.1) is 6.04 Å². The summed E-state index contributed by atoms with van der Waals surface area (Å²) in [5, 5.41) is 0. The first kappa shape index (κ1) is 11.8. The third-order valence-corrected chi connectivity index (χ3v) is 3.76. The van der Waals surface area contributed by atoms with Crippen LogP contribution in [-0.4, -0.2) is 27.8 Å². The lowest BCUT2D eigenvalue weighted by Crippen LogP contribution is -2.32. The fourth-order valence-corrected chi connectivity index (χ4v) is 2.62. The van der Waals surface area contributed by atoms with Crippen LogP contribution in [0.2, 0.25) is 0 Å². The number of rotatable bonds is 2. The molecule has 1 atom stereocenters. The van der Waals surface area contributed by atoms with E-state index in [0.29, 0.717) is 0 Å². The minimum absolute atomic E-state index is 0.155. The van der Waals surface area contributed by atoms with Gasteiger partial charge in [-0.25, -0.2) is 9.97 Å². The summed E-state index contributed by atoms with van der Waals surface area (Å²) in [5.41, 5.74) is 4.70. The predicted molar refractivity (Wildman–Crippen MR) is 72.4 cm³/mol. The minimum atomic E-state index is 0.155. The molecule has 2 aromatic rings. The standard InChI is InChI=1S/C15H15N3O/c1-11-15-3-2-12(14-7-16-9-17-8-14)6-13(15)4-5-18(11)10-19/h2-3,6-11H,4-5H2,1H3. The molecule has 1 aromatic heterocycles. The predicted octanol–water partition coefficient (Wildman–Crippen LogP) is 2.22. The Balaban J connectivity index is 2.00. The van der Waals surface area contributed by atoms with Crippen LogP contribution in [-0.2, 0) is 11.2 Å². The van der Waals surface area contributed by atoms with Crippen LogP contribution >= 0.6 is 0 Å². The molecule has 4 heteroatoms. The van der Waals surface area contributed by atoms with E-state index in [0.717, 1.165) is 30.5 Å². The smallest absolute Gasteiger partial charge is 0.210 e. The van der Waals surface area contributed by atoms with Gasteiger partial charge in [-0.05, 0) is 30.0 Å². The van der Waals surface area contributed by atoms with Crippen molar-refractivity contribution in [2.75, 3.05) is 6.54 Å². The molecule has 1 amide bonds. The van der Waals surface area contributed by atoms with E-state index < -0.39 is 0 Å². The van der Waals surface area contributed by atoms with Crippen LogP contribution in [0.3, 0.4) is 0 Å². The van der Waals surface area contributed by atoms with Crippen molar-refractivity contribution in [3.63, 3.8) is 0 Å². The molecule has 96 valence electrons. The first-order chi connectivity index (χ1) is 9.29. The van der Waals surface area contributed by atoms with E-state index in [1.807, 2.05) is 17.3 Å². The van der Waals surface area contributed by atoms with Crippen molar-refractivity contribution < 1.29 is 4.79 Å². The van der Waals surface area contributed by atoms with E-state index in [4.69, 9.17) is 0 Å². The molecule has 19 heavy (non-hydrogen) atoms. The molecule has 0 bridgehead atoms. The number of fused-ring (bicyclic) bond motifs is 1. The Morgan fingerprint density at radius 3 is 2.79 bits per heavy atom. The van der Waals surface area contributed by atoms with Gasteiger partial charge < -0.3 is 4.90 Å². The van der Waals surface area contributed by atoms with Crippen LogP contribution in [0.5, 0.6) is 0 Å². The molecule has 3 rings (SSSR count). The summed E-state index contributed by atoms with van der Waals surface area (Å²) in [6.45, 7) is 2.85. The average molecular weight is 253 g/mol. The first-order valence-corrected chi connectivity index (χ1v) is 6.39. The van der Waals surface area contributed by atoms with E-state index in [2.05, 4.69) is 35.1 Å². The second-order valence-corrected chi connectivity index (χ2v) is 4.81. The Labute approximate surface area is 112 Å². The van der Waals surface area contributed by atoms with Gasteiger partial charge in [0.25, 0.3) is 0 Å². The number of hydrogen-bond acceptors (Lipinski definition) is 3. The van der Waals surface area contributed by atoms with Crippen molar-refractivity contribution in [3.8, 4) is 11.1 Å². The van der Waals surface area contributed by atoms with E-state index in [-0.39, 0.29) is 6.04 Å². The van der Waals surface area contributed by atoms with Gasteiger partial charge in [0.15, 0.2) is 0 Å². The number of hydrogen-bond donors (Lipinski definition) is 0. The number of carbonyl (C=O) groups is 1. The van der Waals surface area contributed by atoms with E-state index in [1.165, 1.54) is 17.5 Å². The average Bonchev–Trinajstić information content (AvgIpc) is 2.48. The molecule has 0 N–H and O–H groups in total. The molecule has 0 fully saturated rings. The highest BCUT2D eigenvalue weighted by atomic mass is 16.1. The van der Waals surface area contributed by atoms with Gasteiger partial charge in [-0.2, -0.15) is 0 Å². The second-order valence-electron chi connectivity index (χ2n) is 4.81. The number of aromatic nitrogens is 2.